The van der Waals surface area contributed by atoms with E-state index in [1.807, 2.05) is 6.07 Å². The molecular formula is C11H18N4O. The van der Waals surface area contributed by atoms with Crippen LogP contribution in [0.4, 0.5) is 5.82 Å². The lowest BCUT2D eigenvalue weighted by Gasteiger charge is -2.30. The molecule has 5 heteroatoms. The Morgan fingerprint density at radius 3 is 3.12 bits per heavy atom. The smallest absolute Gasteiger partial charge is 0.218 e. The maximum Gasteiger partial charge on any atom is 0.218 e. The number of aromatic nitrogens is 2. The third-order valence-electron chi connectivity index (χ3n) is 2.95. The number of piperidine rings is 1. The van der Waals surface area contributed by atoms with E-state index in [-0.39, 0.29) is 0 Å². The predicted octanol–water partition coefficient (Wildman–Crippen LogP) is 1.04. The first-order valence-electron chi connectivity index (χ1n) is 5.65. The Labute approximate surface area is 95.6 Å². The molecule has 1 aromatic rings. The van der Waals surface area contributed by atoms with Gasteiger partial charge in [-0.2, -0.15) is 0 Å². The van der Waals surface area contributed by atoms with Crippen molar-refractivity contribution in [3.8, 4) is 5.88 Å². The van der Waals surface area contributed by atoms with Crippen molar-refractivity contribution in [2.24, 2.45) is 0 Å². The van der Waals surface area contributed by atoms with Crippen molar-refractivity contribution in [1.29, 1.82) is 0 Å². The Hall–Kier alpha value is -1.36. The van der Waals surface area contributed by atoms with Crippen LogP contribution in [0.15, 0.2) is 12.4 Å². The molecule has 2 heterocycles. The van der Waals surface area contributed by atoms with E-state index in [9.17, 15) is 0 Å². The zero-order valence-electron chi connectivity index (χ0n) is 9.73. The maximum absolute atomic E-state index is 5.06. The summed E-state index contributed by atoms with van der Waals surface area (Å²) in [5.41, 5.74) is 0. The summed E-state index contributed by atoms with van der Waals surface area (Å²) >= 11 is 0. The Morgan fingerprint density at radius 2 is 2.38 bits per heavy atom. The van der Waals surface area contributed by atoms with Crippen molar-refractivity contribution in [3.05, 3.63) is 12.4 Å². The van der Waals surface area contributed by atoms with Crippen LogP contribution in [0, 0.1) is 0 Å². The second kappa shape index (κ2) is 5.12. The molecule has 1 aliphatic rings. The summed E-state index contributed by atoms with van der Waals surface area (Å²) in [4.78, 5) is 8.17. The molecular weight excluding hydrogens is 204 g/mol. The molecule has 88 valence electrons. The highest BCUT2D eigenvalue weighted by atomic mass is 16.5. The van der Waals surface area contributed by atoms with Gasteiger partial charge < -0.3 is 15.4 Å². The van der Waals surface area contributed by atoms with Gasteiger partial charge in [-0.3, -0.25) is 0 Å². The third-order valence-corrected chi connectivity index (χ3v) is 2.95. The van der Waals surface area contributed by atoms with Crippen molar-refractivity contribution in [2.75, 3.05) is 19.0 Å². The second-order valence-corrected chi connectivity index (χ2v) is 4.08. The Morgan fingerprint density at radius 1 is 1.50 bits per heavy atom. The minimum atomic E-state index is 0.424. The molecule has 2 N–H and O–H groups in total. The fourth-order valence-corrected chi connectivity index (χ4v) is 1.96. The van der Waals surface area contributed by atoms with Crippen LogP contribution >= 0.6 is 0 Å². The summed E-state index contributed by atoms with van der Waals surface area (Å²) in [6.07, 6.45) is 3.88. The summed E-state index contributed by atoms with van der Waals surface area (Å²) < 4.78 is 5.06. The molecule has 0 radical (unpaired) electrons. The molecule has 1 saturated heterocycles. The van der Waals surface area contributed by atoms with Gasteiger partial charge in [-0.25, -0.2) is 9.97 Å². The molecule has 2 rings (SSSR count). The van der Waals surface area contributed by atoms with Gasteiger partial charge in [-0.15, -0.1) is 0 Å². The summed E-state index contributed by atoms with van der Waals surface area (Å²) in [5.74, 6) is 1.42. The minimum Gasteiger partial charge on any atom is -0.481 e. The van der Waals surface area contributed by atoms with Crippen LogP contribution in [0.25, 0.3) is 0 Å². The van der Waals surface area contributed by atoms with E-state index >= 15 is 0 Å². The van der Waals surface area contributed by atoms with Gasteiger partial charge in [0, 0.05) is 18.2 Å². The fourth-order valence-electron chi connectivity index (χ4n) is 1.96. The first kappa shape index (κ1) is 11.1. The molecule has 5 nitrogen and oxygen atoms in total. The first-order chi connectivity index (χ1) is 7.79. The highest BCUT2D eigenvalue weighted by Crippen LogP contribution is 2.16. The molecule has 2 unspecified atom stereocenters. The van der Waals surface area contributed by atoms with Crippen LogP contribution in [0.5, 0.6) is 5.88 Å². The first-order valence-corrected chi connectivity index (χ1v) is 5.65. The monoisotopic (exact) mass is 222 g/mol. The zero-order valence-corrected chi connectivity index (χ0v) is 9.73. The Kier molecular flexibility index (Phi) is 3.56. The zero-order chi connectivity index (χ0) is 11.4. The van der Waals surface area contributed by atoms with Crippen LogP contribution in [-0.4, -0.2) is 35.7 Å². The van der Waals surface area contributed by atoms with Crippen LogP contribution in [-0.2, 0) is 0 Å². The number of methoxy groups -OCH3 is 1. The topological polar surface area (TPSA) is 59.1 Å². The average Bonchev–Trinajstić information content (AvgIpc) is 2.32. The Balaban J connectivity index is 2.01. The van der Waals surface area contributed by atoms with E-state index in [0.717, 1.165) is 12.4 Å². The van der Waals surface area contributed by atoms with Crippen molar-refractivity contribution in [2.45, 2.75) is 31.8 Å². The minimum absolute atomic E-state index is 0.424. The average molecular weight is 222 g/mol. The fraction of sp³-hybridized carbons (Fsp3) is 0.636. The van der Waals surface area contributed by atoms with E-state index in [2.05, 4.69) is 27.5 Å². The number of nitrogens with zero attached hydrogens (tertiary/aromatic N) is 2. The highest BCUT2D eigenvalue weighted by Gasteiger charge is 2.20. The lowest BCUT2D eigenvalue weighted by atomic mass is 10.00. The Bertz CT molecular complexity index is 345. The van der Waals surface area contributed by atoms with Crippen molar-refractivity contribution in [1.82, 2.24) is 15.3 Å². The molecule has 1 aliphatic heterocycles. The lowest BCUT2D eigenvalue weighted by Crippen LogP contribution is -2.46. The standard InChI is InChI=1S/C11H18N4O/c1-8-9(4-3-5-12-8)15-10-6-11(16-2)14-7-13-10/h6-9,12H,3-5H2,1-2H3,(H,13,14,15). The van der Waals surface area contributed by atoms with Crippen LogP contribution in [0.2, 0.25) is 0 Å². The van der Waals surface area contributed by atoms with E-state index < -0.39 is 0 Å². The third kappa shape index (κ3) is 2.61. The molecule has 1 fully saturated rings. The van der Waals surface area contributed by atoms with E-state index in [1.54, 1.807) is 7.11 Å². The van der Waals surface area contributed by atoms with Crippen molar-refractivity contribution >= 4 is 5.82 Å². The molecule has 0 aromatic carbocycles. The predicted molar refractivity (Wildman–Crippen MR) is 62.7 cm³/mol. The summed E-state index contributed by atoms with van der Waals surface area (Å²) in [7, 11) is 1.61. The van der Waals surface area contributed by atoms with Gasteiger partial charge in [-0.1, -0.05) is 0 Å². The van der Waals surface area contributed by atoms with Gasteiger partial charge in [0.1, 0.15) is 12.1 Å². The SMILES string of the molecule is COc1cc(NC2CCCNC2C)ncn1. The van der Waals surface area contributed by atoms with Gasteiger partial charge >= 0.3 is 0 Å². The van der Waals surface area contributed by atoms with Gasteiger partial charge in [0.15, 0.2) is 0 Å². The number of hydrogen-bond acceptors (Lipinski definition) is 5. The van der Waals surface area contributed by atoms with Gasteiger partial charge in [0.2, 0.25) is 5.88 Å². The van der Waals surface area contributed by atoms with Gasteiger partial charge in [0.25, 0.3) is 0 Å². The molecule has 1 aromatic heterocycles. The second-order valence-electron chi connectivity index (χ2n) is 4.08. The summed E-state index contributed by atoms with van der Waals surface area (Å²) in [6.45, 7) is 3.29. The van der Waals surface area contributed by atoms with Crippen LogP contribution < -0.4 is 15.4 Å². The van der Waals surface area contributed by atoms with Gasteiger partial charge in [-0.05, 0) is 26.3 Å². The number of nitrogens with one attached hydrogen (secondary N) is 2. The largest absolute Gasteiger partial charge is 0.481 e. The molecule has 0 bridgehead atoms. The molecule has 2 atom stereocenters. The molecule has 16 heavy (non-hydrogen) atoms. The van der Waals surface area contributed by atoms with Crippen LogP contribution in [0.1, 0.15) is 19.8 Å². The number of ether oxygens (including phenoxy) is 1. The lowest BCUT2D eigenvalue weighted by molar-refractivity contribution is 0.386. The maximum atomic E-state index is 5.06. The molecule has 0 aliphatic carbocycles. The summed E-state index contributed by atoms with van der Waals surface area (Å²) in [6, 6.07) is 2.71. The summed E-state index contributed by atoms with van der Waals surface area (Å²) in [5, 5.41) is 6.86. The van der Waals surface area contributed by atoms with E-state index in [1.165, 1.54) is 19.2 Å². The molecule has 0 amide bonds. The van der Waals surface area contributed by atoms with E-state index in [0.29, 0.717) is 18.0 Å². The van der Waals surface area contributed by atoms with Crippen LogP contribution in [0.3, 0.4) is 0 Å². The van der Waals surface area contributed by atoms with E-state index in [4.69, 9.17) is 4.74 Å². The molecule has 0 saturated carbocycles. The number of hydrogen-bond donors (Lipinski definition) is 2. The van der Waals surface area contributed by atoms with Gasteiger partial charge in [0.05, 0.1) is 7.11 Å². The van der Waals surface area contributed by atoms with Crippen molar-refractivity contribution in [3.63, 3.8) is 0 Å². The number of anilines is 1. The quantitative estimate of drug-likeness (QED) is 0.800. The number of rotatable bonds is 3. The highest BCUT2D eigenvalue weighted by molar-refractivity contribution is 5.38. The normalized spacial score (nSPS) is 25.1. The molecule has 0 spiro atoms. The van der Waals surface area contributed by atoms with Crippen molar-refractivity contribution < 1.29 is 4.74 Å².